The van der Waals surface area contributed by atoms with Gasteiger partial charge < -0.3 is 10.5 Å². The summed E-state index contributed by atoms with van der Waals surface area (Å²) in [5.74, 6) is -2.09. The van der Waals surface area contributed by atoms with Gasteiger partial charge in [0.2, 0.25) is 0 Å². The summed E-state index contributed by atoms with van der Waals surface area (Å²) in [6.07, 6.45) is 1.07. The summed E-state index contributed by atoms with van der Waals surface area (Å²) in [7, 11) is 1.31. The molecule has 0 aliphatic carbocycles. The molecule has 0 fully saturated rings. The molecule has 0 heterocycles. The first-order valence-corrected chi connectivity index (χ1v) is 5.29. The standard InChI is InChI=1S/C12H15F2NO2/c1-17-12(16)5-3-9(15)6-8-2-4-10(13)11(14)7-8/h2,4,7,9H,3,5-6,15H2,1H3. The van der Waals surface area contributed by atoms with Gasteiger partial charge in [0.25, 0.3) is 0 Å². The van der Waals surface area contributed by atoms with E-state index >= 15 is 0 Å². The second kappa shape index (κ2) is 6.30. The van der Waals surface area contributed by atoms with Crippen molar-refractivity contribution in [2.75, 3.05) is 7.11 Å². The molecule has 17 heavy (non-hydrogen) atoms. The van der Waals surface area contributed by atoms with Crippen LogP contribution in [0.4, 0.5) is 8.78 Å². The van der Waals surface area contributed by atoms with Crippen LogP contribution in [-0.2, 0) is 16.0 Å². The molecule has 0 radical (unpaired) electrons. The number of carbonyl (C=O) groups is 1. The van der Waals surface area contributed by atoms with Crippen molar-refractivity contribution >= 4 is 5.97 Å². The van der Waals surface area contributed by atoms with E-state index in [2.05, 4.69) is 4.74 Å². The lowest BCUT2D eigenvalue weighted by Crippen LogP contribution is -2.24. The Morgan fingerprint density at radius 1 is 1.41 bits per heavy atom. The van der Waals surface area contributed by atoms with Crippen molar-refractivity contribution in [3.63, 3.8) is 0 Å². The lowest BCUT2D eigenvalue weighted by Gasteiger charge is -2.10. The fourth-order valence-corrected chi connectivity index (χ4v) is 1.48. The molecule has 0 amide bonds. The average molecular weight is 243 g/mol. The molecule has 5 heteroatoms. The molecule has 0 saturated heterocycles. The molecular formula is C12H15F2NO2. The second-order valence-electron chi connectivity index (χ2n) is 3.83. The van der Waals surface area contributed by atoms with E-state index < -0.39 is 11.6 Å². The third-order valence-corrected chi connectivity index (χ3v) is 2.43. The van der Waals surface area contributed by atoms with Crippen LogP contribution in [0.15, 0.2) is 18.2 Å². The third kappa shape index (κ3) is 4.48. The Balaban J connectivity index is 2.47. The Kier molecular flexibility index (Phi) is 5.03. The summed E-state index contributed by atoms with van der Waals surface area (Å²) in [4.78, 5) is 10.9. The van der Waals surface area contributed by atoms with E-state index in [4.69, 9.17) is 5.73 Å². The summed E-state index contributed by atoms with van der Waals surface area (Å²) in [5.41, 5.74) is 6.39. The van der Waals surface area contributed by atoms with Crippen molar-refractivity contribution in [1.82, 2.24) is 0 Å². The van der Waals surface area contributed by atoms with E-state index in [-0.39, 0.29) is 18.4 Å². The Morgan fingerprint density at radius 2 is 2.12 bits per heavy atom. The Labute approximate surface area is 98.6 Å². The van der Waals surface area contributed by atoms with Crippen LogP contribution < -0.4 is 5.73 Å². The maximum absolute atomic E-state index is 12.9. The second-order valence-corrected chi connectivity index (χ2v) is 3.83. The largest absolute Gasteiger partial charge is 0.469 e. The van der Waals surface area contributed by atoms with Crippen molar-refractivity contribution in [2.45, 2.75) is 25.3 Å². The highest BCUT2D eigenvalue weighted by atomic mass is 19.2. The normalized spacial score (nSPS) is 12.2. The van der Waals surface area contributed by atoms with Crippen LogP contribution in [0.2, 0.25) is 0 Å². The van der Waals surface area contributed by atoms with Gasteiger partial charge in [0.05, 0.1) is 7.11 Å². The van der Waals surface area contributed by atoms with E-state index in [9.17, 15) is 13.6 Å². The lowest BCUT2D eigenvalue weighted by atomic mass is 10.0. The number of hydrogen-bond donors (Lipinski definition) is 1. The zero-order valence-electron chi connectivity index (χ0n) is 9.58. The number of ether oxygens (including phenoxy) is 1. The minimum atomic E-state index is -0.886. The van der Waals surface area contributed by atoms with Crippen molar-refractivity contribution < 1.29 is 18.3 Å². The van der Waals surface area contributed by atoms with Gasteiger partial charge >= 0.3 is 5.97 Å². The monoisotopic (exact) mass is 243 g/mol. The van der Waals surface area contributed by atoms with E-state index in [1.54, 1.807) is 0 Å². The van der Waals surface area contributed by atoms with Gasteiger partial charge in [-0.15, -0.1) is 0 Å². The first-order valence-electron chi connectivity index (χ1n) is 5.29. The summed E-state index contributed by atoms with van der Waals surface area (Å²) in [5, 5.41) is 0. The van der Waals surface area contributed by atoms with Crippen molar-refractivity contribution in [3.8, 4) is 0 Å². The first-order chi connectivity index (χ1) is 8.02. The number of halogens is 2. The zero-order valence-corrected chi connectivity index (χ0v) is 9.58. The number of carbonyl (C=O) groups excluding carboxylic acids is 1. The summed E-state index contributed by atoms with van der Waals surface area (Å²) >= 11 is 0. The van der Waals surface area contributed by atoms with Crippen molar-refractivity contribution in [2.24, 2.45) is 5.73 Å². The molecule has 0 bridgehead atoms. The average Bonchev–Trinajstić information content (AvgIpc) is 2.31. The van der Waals surface area contributed by atoms with Gasteiger partial charge in [0.15, 0.2) is 11.6 Å². The molecule has 1 atom stereocenters. The number of nitrogens with two attached hydrogens (primary N) is 1. The van der Waals surface area contributed by atoms with Crippen LogP contribution in [-0.4, -0.2) is 19.1 Å². The number of methoxy groups -OCH3 is 1. The molecule has 0 spiro atoms. The predicted molar refractivity (Wildman–Crippen MR) is 59.3 cm³/mol. The molecule has 2 N–H and O–H groups in total. The van der Waals surface area contributed by atoms with Crippen LogP contribution >= 0.6 is 0 Å². The molecule has 1 unspecified atom stereocenters. The molecule has 1 rings (SSSR count). The van der Waals surface area contributed by atoms with Gasteiger partial charge in [-0.05, 0) is 30.5 Å². The highest BCUT2D eigenvalue weighted by Crippen LogP contribution is 2.11. The molecule has 1 aromatic carbocycles. The van der Waals surface area contributed by atoms with Crippen LogP contribution in [0.5, 0.6) is 0 Å². The van der Waals surface area contributed by atoms with Gasteiger partial charge in [0, 0.05) is 12.5 Å². The summed E-state index contributed by atoms with van der Waals surface area (Å²) in [6, 6.07) is 3.39. The van der Waals surface area contributed by atoms with Gasteiger partial charge in [-0.3, -0.25) is 4.79 Å². The fourth-order valence-electron chi connectivity index (χ4n) is 1.48. The van der Waals surface area contributed by atoms with Gasteiger partial charge in [-0.25, -0.2) is 8.78 Å². The number of benzene rings is 1. The Hall–Kier alpha value is -1.49. The number of esters is 1. The van der Waals surface area contributed by atoms with Gasteiger partial charge in [-0.1, -0.05) is 6.07 Å². The van der Waals surface area contributed by atoms with Crippen LogP contribution in [0.3, 0.4) is 0 Å². The molecule has 3 nitrogen and oxygen atoms in total. The highest BCUT2D eigenvalue weighted by molar-refractivity contribution is 5.69. The molecule has 0 aliphatic rings. The van der Waals surface area contributed by atoms with E-state index in [1.165, 1.54) is 13.2 Å². The third-order valence-electron chi connectivity index (χ3n) is 2.43. The Morgan fingerprint density at radius 3 is 2.71 bits per heavy atom. The summed E-state index contributed by atoms with van der Waals surface area (Å²) in [6.45, 7) is 0. The summed E-state index contributed by atoms with van der Waals surface area (Å²) < 4.78 is 30.1. The fraction of sp³-hybridized carbons (Fsp3) is 0.417. The first kappa shape index (κ1) is 13.6. The molecule has 0 saturated carbocycles. The highest BCUT2D eigenvalue weighted by Gasteiger charge is 2.09. The maximum Gasteiger partial charge on any atom is 0.305 e. The van der Waals surface area contributed by atoms with Gasteiger partial charge in [0.1, 0.15) is 0 Å². The smallest absolute Gasteiger partial charge is 0.305 e. The molecule has 1 aromatic rings. The molecule has 0 aliphatic heterocycles. The van der Waals surface area contributed by atoms with Crippen LogP contribution in [0.1, 0.15) is 18.4 Å². The minimum absolute atomic E-state index is 0.224. The predicted octanol–water partition coefficient (Wildman–Crippen LogP) is 1.79. The number of hydrogen-bond acceptors (Lipinski definition) is 3. The molecule has 94 valence electrons. The van der Waals surface area contributed by atoms with Crippen molar-refractivity contribution in [3.05, 3.63) is 35.4 Å². The molecular weight excluding hydrogens is 228 g/mol. The molecule has 0 aromatic heterocycles. The van der Waals surface area contributed by atoms with Crippen LogP contribution in [0.25, 0.3) is 0 Å². The zero-order chi connectivity index (χ0) is 12.8. The SMILES string of the molecule is COC(=O)CCC(N)Cc1ccc(F)c(F)c1. The van der Waals surface area contributed by atoms with Gasteiger partial charge in [-0.2, -0.15) is 0 Å². The lowest BCUT2D eigenvalue weighted by molar-refractivity contribution is -0.140. The van der Waals surface area contributed by atoms with Crippen LogP contribution in [0, 0.1) is 11.6 Å². The number of rotatable bonds is 5. The van der Waals surface area contributed by atoms with E-state index in [0.717, 1.165) is 12.1 Å². The maximum atomic E-state index is 12.9. The quantitative estimate of drug-likeness (QED) is 0.802. The van der Waals surface area contributed by atoms with Crippen molar-refractivity contribution in [1.29, 1.82) is 0 Å². The topological polar surface area (TPSA) is 52.3 Å². The minimum Gasteiger partial charge on any atom is -0.469 e. The van der Waals surface area contributed by atoms with E-state index in [0.29, 0.717) is 18.4 Å². The van der Waals surface area contributed by atoms with E-state index in [1.807, 2.05) is 0 Å². The Bertz CT molecular complexity index is 396.